The molecule has 3 aromatic carbocycles. The number of benzene rings is 3. The second kappa shape index (κ2) is 8.76. The highest BCUT2D eigenvalue weighted by atomic mass is 16.4. The minimum Gasteiger partial charge on any atom is -0.478 e. The van der Waals surface area contributed by atoms with Gasteiger partial charge in [-0.2, -0.15) is 5.10 Å². The average molecular weight is 468 g/mol. The Bertz CT molecular complexity index is 1650. The van der Waals surface area contributed by atoms with Gasteiger partial charge in [-0.05, 0) is 61.4 Å². The van der Waals surface area contributed by atoms with Crippen LogP contribution in [0.5, 0.6) is 0 Å². The zero-order valence-electron chi connectivity index (χ0n) is 19.7. The van der Waals surface area contributed by atoms with Gasteiger partial charge in [0.2, 0.25) is 0 Å². The highest BCUT2D eigenvalue weighted by molar-refractivity contribution is 5.94. The lowest BCUT2D eigenvalue weighted by Gasteiger charge is -2.19. The Hall–Kier alpha value is -4.39. The molecule has 0 spiro atoms. The first-order valence-corrected chi connectivity index (χ1v) is 11.5. The van der Waals surface area contributed by atoms with Crippen molar-refractivity contribution in [1.29, 1.82) is 0 Å². The summed E-state index contributed by atoms with van der Waals surface area (Å²) in [5, 5.41) is 18.7. The lowest BCUT2D eigenvalue weighted by molar-refractivity contribution is 0.0698. The number of para-hydroxylation sites is 1. The first kappa shape index (κ1) is 22.4. The van der Waals surface area contributed by atoms with Crippen LogP contribution in [0.3, 0.4) is 0 Å². The Morgan fingerprint density at radius 3 is 2.71 bits per heavy atom. The largest absolute Gasteiger partial charge is 0.478 e. The van der Waals surface area contributed by atoms with Crippen molar-refractivity contribution in [3.8, 4) is 11.3 Å². The number of anilines is 1. The number of hydrogen-bond acceptors (Lipinski definition) is 5. The van der Waals surface area contributed by atoms with Crippen LogP contribution in [0, 0.1) is 0 Å². The molecule has 0 aliphatic carbocycles. The highest BCUT2D eigenvalue weighted by Gasteiger charge is 2.19. The van der Waals surface area contributed by atoms with Crippen LogP contribution in [-0.4, -0.2) is 20.9 Å². The van der Waals surface area contributed by atoms with Crippen LogP contribution in [0.1, 0.15) is 41.4 Å². The molecule has 35 heavy (non-hydrogen) atoms. The maximum Gasteiger partial charge on any atom is 0.337 e. The van der Waals surface area contributed by atoms with Crippen LogP contribution in [0.4, 0.5) is 5.69 Å². The van der Waals surface area contributed by atoms with Gasteiger partial charge in [-0.1, -0.05) is 19.1 Å². The van der Waals surface area contributed by atoms with Crippen molar-refractivity contribution in [3.05, 3.63) is 93.8 Å². The summed E-state index contributed by atoms with van der Waals surface area (Å²) in [6, 6.07) is 17.6. The SMILES string of the molecule is CCc1cc(C(C)Nc2ccccc2C(=O)O)c2oc(-c3ccc4nn(C)cc4c3)cc(=O)c2c1. The summed E-state index contributed by atoms with van der Waals surface area (Å²) < 4.78 is 8.12. The smallest absolute Gasteiger partial charge is 0.337 e. The molecule has 0 saturated heterocycles. The predicted octanol–water partition coefficient (Wildman–Crippen LogP) is 5.78. The van der Waals surface area contributed by atoms with Crippen molar-refractivity contribution in [1.82, 2.24) is 9.78 Å². The number of carboxylic acid groups (broad SMARTS) is 1. The number of nitrogens with one attached hydrogen (secondary N) is 1. The van der Waals surface area contributed by atoms with Crippen molar-refractivity contribution < 1.29 is 14.3 Å². The summed E-state index contributed by atoms with van der Waals surface area (Å²) in [4.78, 5) is 24.9. The van der Waals surface area contributed by atoms with E-state index in [-0.39, 0.29) is 17.0 Å². The second-order valence-electron chi connectivity index (χ2n) is 8.68. The van der Waals surface area contributed by atoms with E-state index in [1.54, 1.807) is 28.9 Å². The fourth-order valence-electron chi connectivity index (χ4n) is 4.42. The normalized spacial score (nSPS) is 12.2. The number of carboxylic acids is 1. The molecule has 0 aliphatic rings. The summed E-state index contributed by atoms with van der Waals surface area (Å²) in [7, 11) is 1.87. The number of fused-ring (bicyclic) bond motifs is 2. The van der Waals surface area contributed by atoms with Crippen molar-refractivity contribution in [3.63, 3.8) is 0 Å². The Kier molecular flexibility index (Phi) is 5.61. The predicted molar refractivity (Wildman–Crippen MR) is 137 cm³/mol. The van der Waals surface area contributed by atoms with Gasteiger partial charge in [-0.15, -0.1) is 0 Å². The Morgan fingerprint density at radius 1 is 1.14 bits per heavy atom. The van der Waals surface area contributed by atoms with Gasteiger partial charge in [0.05, 0.1) is 22.5 Å². The molecule has 1 unspecified atom stereocenters. The zero-order chi connectivity index (χ0) is 24.7. The lowest BCUT2D eigenvalue weighted by Crippen LogP contribution is -2.13. The fraction of sp³-hybridized carbons (Fsp3) is 0.179. The number of carbonyl (C=O) groups is 1. The molecule has 176 valence electrons. The Morgan fingerprint density at radius 2 is 1.94 bits per heavy atom. The number of aromatic nitrogens is 2. The summed E-state index contributed by atoms with van der Waals surface area (Å²) >= 11 is 0. The van der Waals surface area contributed by atoms with Gasteiger partial charge in [-0.3, -0.25) is 9.48 Å². The minimum atomic E-state index is -1.01. The van der Waals surface area contributed by atoms with Crippen LogP contribution in [0.15, 0.2) is 76.1 Å². The molecule has 7 nitrogen and oxygen atoms in total. The molecule has 2 aromatic heterocycles. The van der Waals surface area contributed by atoms with Gasteiger partial charge in [0.15, 0.2) is 5.43 Å². The van der Waals surface area contributed by atoms with Crippen molar-refractivity contribution >= 4 is 33.5 Å². The molecule has 2 heterocycles. The minimum absolute atomic E-state index is 0.123. The van der Waals surface area contributed by atoms with Crippen LogP contribution in [0.25, 0.3) is 33.2 Å². The number of aromatic carboxylic acids is 1. The van der Waals surface area contributed by atoms with Gasteiger partial charge >= 0.3 is 5.97 Å². The molecule has 0 aliphatic heterocycles. The highest BCUT2D eigenvalue weighted by Crippen LogP contribution is 2.32. The molecule has 2 N–H and O–H groups in total. The molecule has 0 bridgehead atoms. The third kappa shape index (κ3) is 4.17. The summed E-state index contributed by atoms with van der Waals surface area (Å²) in [5.74, 6) is -0.538. The second-order valence-corrected chi connectivity index (χ2v) is 8.68. The van der Waals surface area contributed by atoms with Gasteiger partial charge in [0.1, 0.15) is 11.3 Å². The average Bonchev–Trinajstić information content (AvgIpc) is 3.22. The third-order valence-corrected chi connectivity index (χ3v) is 6.22. The number of rotatable bonds is 6. The maximum atomic E-state index is 13.2. The molecular weight excluding hydrogens is 442 g/mol. The molecule has 0 fully saturated rings. The maximum absolute atomic E-state index is 13.2. The molecule has 5 rings (SSSR count). The topological polar surface area (TPSA) is 97.4 Å². The van der Waals surface area contributed by atoms with Crippen LogP contribution in [-0.2, 0) is 13.5 Å². The van der Waals surface area contributed by atoms with Crippen molar-refractivity contribution in [2.45, 2.75) is 26.3 Å². The molecule has 7 heteroatoms. The van der Waals surface area contributed by atoms with Gasteiger partial charge in [-0.25, -0.2) is 4.79 Å². The zero-order valence-corrected chi connectivity index (χ0v) is 19.7. The van der Waals surface area contributed by atoms with Crippen LogP contribution in [0.2, 0.25) is 0 Å². The van der Waals surface area contributed by atoms with E-state index in [0.717, 1.165) is 34.0 Å². The molecule has 5 aromatic rings. The van der Waals surface area contributed by atoms with Gasteiger partial charge in [0, 0.05) is 41.5 Å². The number of hydrogen-bond donors (Lipinski definition) is 2. The van der Waals surface area contributed by atoms with E-state index in [1.807, 2.05) is 57.4 Å². The summed E-state index contributed by atoms with van der Waals surface area (Å²) in [6.07, 6.45) is 2.67. The van der Waals surface area contributed by atoms with E-state index in [2.05, 4.69) is 10.4 Å². The molecular formula is C28H25N3O4. The lowest BCUT2D eigenvalue weighted by atomic mass is 9.98. The Balaban J connectivity index is 1.65. The monoisotopic (exact) mass is 467 g/mol. The van der Waals surface area contributed by atoms with Crippen LogP contribution >= 0.6 is 0 Å². The van der Waals surface area contributed by atoms with Gasteiger partial charge < -0.3 is 14.8 Å². The van der Waals surface area contributed by atoms with E-state index in [0.29, 0.717) is 22.4 Å². The first-order chi connectivity index (χ1) is 16.8. The van der Waals surface area contributed by atoms with Crippen molar-refractivity contribution in [2.75, 3.05) is 5.32 Å². The summed E-state index contributed by atoms with van der Waals surface area (Å²) in [6.45, 7) is 3.96. The number of nitrogens with zero attached hydrogens (tertiary/aromatic N) is 2. The Labute approximate surface area is 201 Å². The molecule has 1 atom stereocenters. The molecule has 0 saturated carbocycles. The third-order valence-electron chi connectivity index (χ3n) is 6.22. The molecule has 0 radical (unpaired) electrons. The first-order valence-electron chi connectivity index (χ1n) is 11.5. The fourth-order valence-corrected chi connectivity index (χ4v) is 4.42. The quantitative estimate of drug-likeness (QED) is 0.329. The van der Waals surface area contributed by atoms with E-state index in [1.165, 1.54) is 6.07 Å². The van der Waals surface area contributed by atoms with Crippen LogP contribution < -0.4 is 10.7 Å². The molecule has 0 amide bonds. The van der Waals surface area contributed by atoms with E-state index in [4.69, 9.17) is 4.42 Å². The van der Waals surface area contributed by atoms with Gasteiger partial charge in [0.25, 0.3) is 0 Å². The van der Waals surface area contributed by atoms with E-state index in [9.17, 15) is 14.7 Å². The standard InChI is InChI=1S/C28H25N3O4/c1-4-17-11-21(16(2)29-24-8-6-5-7-20(24)28(33)34)27-22(12-17)25(32)14-26(35-27)18-9-10-23-19(13-18)15-31(3)30-23/h5-16,29H,4H2,1-3H3,(H,33,34). The van der Waals surface area contributed by atoms with E-state index >= 15 is 0 Å². The van der Waals surface area contributed by atoms with Crippen molar-refractivity contribution in [2.24, 2.45) is 7.05 Å². The van der Waals surface area contributed by atoms with E-state index < -0.39 is 5.97 Å². The summed E-state index contributed by atoms with van der Waals surface area (Å²) in [5.41, 5.74) is 4.50. The number of aryl methyl sites for hydroxylation is 2.